The molecule has 0 fully saturated rings. The van der Waals surface area contributed by atoms with Crippen LogP contribution in [0.3, 0.4) is 0 Å². The fourth-order valence-corrected chi connectivity index (χ4v) is 0.0583. The Balaban J connectivity index is 0. The molecule has 0 aliphatic carbocycles. The summed E-state index contributed by atoms with van der Waals surface area (Å²) in [7, 11) is 0. The average Bonchev–Trinajstić information content (AvgIpc) is 1.67. The van der Waals surface area contributed by atoms with Crippen LogP contribution in [0.25, 0.3) is 0 Å². The summed E-state index contributed by atoms with van der Waals surface area (Å²) in [6.07, 6.45) is -3.90. The van der Waals surface area contributed by atoms with E-state index in [9.17, 15) is 22.0 Å². The van der Waals surface area contributed by atoms with Crippen LogP contribution in [0.15, 0.2) is 0 Å². The summed E-state index contributed by atoms with van der Waals surface area (Å²) in [5.74, 6) is -4.46. The lowest BCUT2D eigenvalue weighted by Gasteiger charge is -2.08. The molecule has 58 valence electrons. The molecule has 0 aliphatic heterocycles. The molecule has 9 heavy (non-hydrogen) atoms. The quantitative estimate of drug-likeness (QED) is 0.602. The van der Waals surface area contributed by atoms with E-state index in [1.165, 1.54) is 0 Å². The molecule has 0 radical (unpaired) electrons. The minimum absolute atomic E-state index is 0. The van der Waals surface area contributed by atoms with Crippen molar-refractivity contribution in [1.29, 1.82) is 0 Å². The Morgan fingerprint density at radius 1 is 1.22 bits per heavy atom. The van der Waals surface area contributed by atoms with Crippen molar-refractivity contribution in [2.75, 3.05) is 6.67 Å². The molecule has 6 heteroatoms. The minimum Gasteiger partial charge on any atom is -0.344 e. The molecule has 0 amide bonds. The molecule has 0 atom stereocenters. The van der Waals surface area contributed by atoms with Gasteiger partial charge in [0.05, 0.1) is 0 Å². The van der Waals surface area contributed by atoms with Gasteiger partial charge in [0, 0.05) is 0 Å². The molecule has 0 saturated heterocycles. The molecule has 0 rings (SSSR count). The average molecular weight is 151 g/mol. The first kappa shape index (κ1) is 11.4. The van der Waals surface area contributed by atoms with Crippen molar-refractivity contribution in [1.82, 2.24) is 6.15 Å². The molecule has 0 aromatic carbocycles. The van der Waals surface area contributed by atoms with E-state index in [1.807, 2.05) is 0 Å². The first-order valence-corrected chi connectivity index (χ1v) is 1.72. The molecule has 1 nitrogen and oxygen atoms in total. The van der Waals surface area contributed by atoms with Crippen LogP contribution in [0.4, 0.5) is 22.0 Å². The van der Waals surface area contributed by atoms with Gasteiger partial charge in [-0.2, -0.15) is 8.78 Å². The molecule has 0 aromatic rings. The zero-order valence-corrected chi connectivity index (χ0v) is 4.38. The molecule has 0 aromatic heterocycles. The van der Waals surface area contributed by atoms with Crippen LogP contribution in [-0.4, -0.2) is 19.0 Å². The van der Waals surface area contributed by atoms with Crippen molar-refractivity contribution in [3.05, 3.63) is 0 Å². The van der Waals surface area contributed by atoms with Gasteiger partial charge in [-0.1, -0.05) is 0 Å². The fourth-order valence-electron chi connectivity index (χ4n) is 0.0583. The van der Waals surface area contributed by atoms with Crippen molar-refractivity contribution in [2.45, 2.75) is 12.3 Å². The maximum absolute atomic E-state index is 11.2. The van der Waals surface area contributed by atoms with E-state index in [4.69, 9.17) is 0 Å². The molecule has 0 saturated carbocycles. The van der Waals surface area contributed by atoms with Gasteiger partial charge in [-0.15, -0.1) is 0 Å². The second-order valence-corrected chi connectivity index (χ2v) is 1.20. The van der Waals surface area contributed by atoms with Crippen LogP contribution >= 0.6 is 0 Å². The Labute approximate surface area is 48.4 Å². The summed E-state index contributed by atoms with van der Waals surface area (Å²) in [6, 6.07) is 0. The molecule has 0 unspecified atom stereocenters. The minimum atomic E-state index is -4.46. The van der Waals surface area contributed by atoms with Gasteiger partial charge in [0.15, 0.2) is 6.67 Å². The van der Waals surface area contributed by atoms with E-state index < -0.39 is 19.0 Å². The van der Waals surface area contributed by atoms with Gasteiger partial charge in [-0.3, -0.25) is 0 Å². The summed E-state index contributed by atoms with van der Waals surface area (Å²) in [4.78, 5) is 0. The van der Waals surface area contributed by atoms with Crippen LogP contribution in [0.5, 0.6) is 0 Å². The van der Waals surface area contributed by atoms with Crippen LogP contribution < -0.4 is 6.15 Å². The van der Waals surface area contributed by atoms with Crippen molar-refractivity contribution in [3.8, 4) is 0 Å². The molecule has 0 aliphatic rings. The Bertz CT molecular complexity index is 72.6. The highest BCUT2D eigenvalue weighted by atomic mass is 19.3. The molecule has 0 spiro atoms. The Morgan fingerprint density at radius 3 is 1.56 bits per heavy atom. The molecule has 0 bridgehead atoms. The largest absolute Gasteiger partial charge is 0.344 e. The van der Waals surface area contributed by atoms with E-state index >= 15 is 0 Å². The van der Waals surface area contributed by atoms with Gasteiger partial charge in [0.2, 0.25) is 0 Å². The summed E-state index contributed by atoms with van der Waals surface area (Å²) < 4.78 is 54.7. The maximum Gasteiger partial charge on any atom is 0.335 e. The van der Waals surface area contributed by atoms with Crippen LogP contribution in [0.1, 0.15) is 0 Å². The third-order valence-electron chi connectivity index (χ3n) is 0.497. The van der Waals surface area contributed by atoms with E-state index in [-0.39, 0.29) is 6.15 Å². The van der Waals surface area contributed by atoms with E-state index in [0.717, 1.165) is 0 Å². The normalized spacial score (nSPS) is 11.3. The maximum atomic E-state index is 11.2. The Hall–Kier alpha value is -0.390. The second-order valence-electron chi connectivity index (χ2n) is 1.20. The molecular weight excluding hydrogens is 145 g/mol. The van der Waals surface area contributed by atoms with E-state index in [0.29, 0.717) is 0 Å². The first-order chi connectivity index (χ1) is 3.50. The highest BCUT2D eigenvalue weighted by Gasteiger charge is 2.40. The number of rotatable bonds is 2. The number of hydrogen-bond acceptors (Lipinski definition) is 1. The standard InChI is InChI=1S/C3H3F5.H3N/c4-1-3(7,8)2(5)6;/h2H,1H2;1H3. The zero-order chi connectivity index (χ0) is 6.78. The summed E-state index contributed by atoms with van der Waals surface area (Å²) >= 11 is 0. The monoisotopic (exact) mass is 151 g/mol. The van der Waals surface area contributed by atoms with Gasteiger partial charge in [0.25, 0.3) is 0 Å². The number of alkyl halides is 5. The fraction of sp³-hybridized carbons (Fsp3) is 1.00. The molecular formula is C3H6F5N. The van der Waals surface area contributed by atoms with Crippen LogP contribution in [0, 0.1) is 0 Å². The Kier molecular flexibility index (Phi) is 4.57. The molecule has 0 heterocycles. The van der Waals surface area contributed by atoms with Crippen molar-refractivity contribution in [3.63, 3.8) is 0 Å². The highest BCUT2D eigenvalue weighted by molar-refractivity contribution is 4.65. The van der Waals surface area contributed by atoms with Crippen LogP contribution in [-0.2, 0) is 0 Å². The van der Waals surface area contributed by atoms with Crippen molar-refractivity contribution >= 4 is 0 Å². The van der Waals surface area contributed by atoms with Gasteiger partial charge in [0.1, 0.15) is 0 Å². The van der Waals surface area contributed by atoms with Crippen molar-refractivity contribution in [2.24, 2.45) is 0 Å². The lowest BCUT2D eigenvalue weighted by Crippen LogP contribution is -2.28. The lowest BCUT2D eigenvalue weighted by atomic mass is 10.4. The summed E-state index contributed by atoms with van der Waals surface area (Å²) in [5, 5.41) is 0. The number of hydrogen-bond donors (Lipinski definition) is 1. The lowest BCUT2D eigenvalue weighted by molar-refractivity contribution is -0.139. The highest BCUT2D eigenvalue weighted by Crippen LogP contribution is 2.22. The van der Waals surface area contributed by atoms with Crippen molar-refractivity contribution < 1.29 is 22.0 Å². The van der Waals surface area contributed by atoms with Gasteiger partial charge >= 0.3 is 12.3 Å². The van der Waals surface area contributed by atoms with Gasteiger partial charge in [-0.05, 0) is 0 Å². The van der Waals surface area contributed by atoms with E-state index in [2.05, 4.69) is 0 Å². The SMILES string of the molecule is FCC(F)(F)C(F)F.N. The predicted octanol–water partition coefficient (Wildman–Crippen LogP) is 2.02. The smallest absolute Gasteiger partial charge is 0.335 e. The van der Waals surface area contributed by atoms with Gasteiger partial charge in [-0.25, -0.2) is 13.2 Å². The van der Waals surface area contributed by atoms with E-state index in [1.54, 1.807) is 0 Å². The summed E-state index contributed by atoms with van der Waals surface area (Å²) in [5.41, 5.74) is 0. The third kappa shape index (κ3) is 3.23. The summed E-state index contributed by atoms with van der Waals surface area (Å²) in [6.45, 7) is -2.30. The van der Waals surface area contributed by atoms with Crippen LogP contribution in [0.2, 0.25) is 0 Å². The first-order valence-electron chi connectivity index (χ1n) is 1.72. The third-order valence-corrected chi connectivity index (χ3v) is 0.497. The zero-order valence-electron chi connectivity index (χ0n) is 4.38. The molecule has 3 N–H and O–H groups in total. The topological polar surface area (TPSA) is 35.0 Å². The number of halogens is 5. The predicted molar refractivity (Wildman–Crippen MR) is 21.9 cm³/mol. The van der Waals surface area contributed by atoms with Gasteiger partial charge < -0.3 is 6.15 Å². The second kappa shape index (κ2) is 3.60. The Morgan fingerprint density at radius 2 is 1.56 bits per heavy atom.